The van der Waals surface area contributed by atoms with Crippen LogP contribution in [-0.4, -0.2) is 54.2 Å². The van der Waals surface area contributed by atoms with Crippen LogP contribution >= 0.6 is 0 Å². The van der Waals surface area contributed by atoms with Gasteiger partial charge < -0.3 is 19.9 Å². The van der Waals surface area contributed by atoms with E-state index in [0.717, 1.165) is 24.5 Å². The maximum Gasteiger partial charge on any atom is 0.317 e. The van der Waals surface area contributed by atoms with Gasteiger partial charge in [-0.1, -0.05) is 6.07 Å². The molecule has 0 bridgehead atoms. The molecule has 2 heterocycles. The summed E-state index contributed by atoms with van der Waals surface area (Å²) >= 11 is 0. The number of nitrogens with zero attached hydrogens (tertiary/aromatic N) is 4. The SMILES string of the molecule is COc1nc(C)c(C)nc1CNC(=O)N1CCN(c2cc(C)cc(C)c2)CC1. The minimum atomic E-state index is -0.0813. The molecule has 150 valence electrons. The minimum absolute atomic E-state index is 0.0813. The highest BCUT2D eigenvalue weighted by Gasteiger charge is 2.22. The number of anilines is 1. The van der Waals surface area contributed by atoms with Gasteiger partial charge in [0.15, 0.2) is 0 Å². The van der Waals surface area contributed by atoms with Gasteiger partial charge in [0.2, 0.25) is 5.88 Å². The van der Waals surface area contributed by atoms with E-state index >= 15 is 0 Å². The molecule has 1 aliphatic heterocycles. The predicted molar refractivity (Wildman–Crippen MR) is 110 cm³/mol. The van der Waals surface area contributed by atoms with Crippen molar-refractivity contribution in [3.8, 4) is 5.88 Å². The van der Waals surface area contributed by atoms with E-state index in [0.29, 0.717) is 31.2 Å². The Morgan fingerprint density at radius 1 is 1.00 bits per heavy atom. The van der Waals surface area contributed by atoms with Crippen LogP contribution in [-0.2, 0) is 6.54 Å². The van der Waals surface area contributed by atoms with E-state index in [1.807, 2.05) is 18.7 Å². The number of ether oxygens (including phenoxy) is 1. The fourth-order valence-electron chi connectivity index (χ4n) is 3.48. The van der Waals surface area contributed by atoms with E-state index in [-0.39, 0.29) is 6.03 Å². The molecule has 1 N–H and O–H groups in total. The summed E-state index contributed by atoms with van der Waals surface area (Å²) < 4.78 is 5.30. The maximum absolute atomic E-state index is 12.6. The minimum Gasteiger partial charge on any atom is -0.480 e. The zero-order valence-corrected chi connectivity index (χ0v) is 17.4. The first-order valence-corrected chi connectivity index (χ1v) is 9.61. The third-order valence-corrected chi connectivity index (χ3v) is 5.08. The van der Waals surface area contributed by atoms with Gasteiger partial charge in [0.05, 0.1) is 25.0 Å². The molecule has 2 amide bonds. The van der Waals surface area contributed by atoms with Crippen molar-refractivity contribution in [2.24, 2.45) is 0 Å². The van der Waals surface area contributed by atoms with Crippen molar-refractivity contribution < 1.29 is 9.53 Å². The average molecular weight is 383 g/mol. The van der Waals surface area contributed by atoms with Crippen LogP contribution in [0.5, 0.6) is 5.88 Å². The van der Waals surface area contributed by atoms with E-state index in [4.69, 9.17) is 4.74 Å². The third kappa shape index (κ3) is 4.52. The van der Waals surface area contributed by atoms with E-state index in [1.165, 1.54) is 16.8 Å². The number of methoxy groups -OCH3 is 1. The van der Waals surface area contributed by atoms with Crippen LogP contribution in [0, 0.1) is 27.7 Å². The average Bonchev–Trinajstić information content (AvgIpc) is 2.67. The van der Waals surface area contributed by atoms with Gasteiger partial charge in [-0.05, 0) is 51.0 Å². The van der Waals surface area contributed by atoms with Crippen LogP contribution in [0.4, 0.5) is 10.5 Å². The summed E-state index contributed by atoms with van der Waals surface area (Å²) in [4.78, 5) is 25.6. The number of rotatable bonds is 4. The van der Waals surface area contributed by atoms with Crippen molar-refractivity contribution in [2.75, 3.05) is 38.2 Å². The van der Waals surface area contributed by atoms with Crippen LogP contribution < -0.4 is 15.0 Å². The highest BCUT2D eigenvalue weighted by Crippen LogP contribution is 2.20. The van der Waals surface area contributed by atoms with Crippen LogP contribution in [0.3, 0.4) is 0 Å². The van der Waals surface area contributed by atoms with Gasteiger partial charge in [0.1, 0.15) is 5.69 Å². The fraction of sp³-hybridized carbons (Fsp3) is 0.476. The monoisotopic (exact) mass is 383 g/mol. The van der Waals surface area contributed by atoms with E-state index in [9.17, 15) is 4.79 Å². The molecule has 1 saturated heterocycles. The van der Waals surface area contributed by atoms with E-state index in [1.54, 1.807) is 7.11 Å². The molecule has 0 unspecified atom stereocenters. The number of carbonyl (C=O) groups excluding carboxylic acids is 1. The van der Waals surface area contributed by atoms with Crippen LogP contribution in [0.25, 0.3) is 0 Å². The van der Waals surface area contributed by atoms with Gasteiger partial charge in [-0.25, -0.2) is 14.8 Å². The summed E-state index contributed by atoms with van der Waals surface area (Å²) in [5, 5.41) is 2.95. The predicted octanol–water partition coefficient (Wildman–Crippen LogP) is 2.75. The lowest BCUT2D eigenvalue weighted by Crippen LogP contribution is -2.51. The number of carbonyl (C=O) groups is 1. The Morgan fingerprint density at radius 2 is 1.61 bits per heavy atom. The Hall–Kier alpha value is -2.83. The first-order valence-electron chi connectivity index (χ1n) is 9.61. The Labute approximate surface area is 166 Å². The Bertz CT molecular complexity index is 840. The van der Waals surface area contributed by atoms with E-state index in [2.05, 4.69) is 52.2 Å². The second-order valence-electron chi connectivity index (χ2n) is 7.33. The second kappa shape index (κ2) is 8.46. The summed E-state index contributed by atoms with van der Waals surface area (Å²) in [5.41, 5.74) is 6.07. The number of aromatic nitrogens is 2. The van der Waals surface area contributed by atoms with Gasteiger partial charge in [-0.2, -0.15) is 0 Å². The molecule has 0 atom stereocenters. The fourth-order valence-corrected chi connectivity index (χ4v) is 3.48. The summed E-state index contributed by atoms with van der Waals surface area (Å²) in [6, 6.07) is 6.50. The molecule has 1 fully saturated rings. The molecule has 1 aliphatic rings. The van der Waals surface area contributed by atoms with Crippen LogP contribution in [0.15, 0.2) is 18.2 Å². The molecule has 1 aromatic heterocycles. The molecule has 3 rings (SSSR count). The van der Waals surface area contributed by atoms with Crippen molar-refractivity contribution in [2.45, 2.75) is 34.2 Å². The first-order chi connectivity index (χ1) is 13.4. The molecule has 0 saturated carbocycles. The zero-order valence-electron chi connectivity index (χ0n) is 17.4. The summed E-state index contributed by atoms with van der Waals surface area (Å²) in [5.74, 6) is 0.461. The number of piperazine rings is 1. The van der Waals surface area contributed by atoms with Crippen molar-refractivity contribution in [3.05, 3.63) is 46.4 Å². The lowest BCUT2D eigenvalue weighted by atomic mass is 10.1. The maximum atomic E-state index is 12.6. The van der Waals surface area contributed by atoms with Crippen LogP contribution in [0.1, 0.15) is 28.2 Å². The summed E-state index contributed by atoms with van der Waals surface area (Å²) in [6.45, 7) is 11.3. The largest absolute Gasteiger partial charge is 0.480 e. The first kappa shape index (κ1) is 19.9. The van der Waals surface area contributed by atoms with Gasteiger partial charge in [0.25, 0.3) is 0 Å². The third-order valence-electron chi connectivity index (χ3n) is 5.08. The number of benzene rings is 1. The lowest BCUT2D eigenvalue weighted by Gasteiger charge is -2.36. The smallest absolute Gasteiger partial charge is 0.317 e. The van der Waals surface area contributed by atoms with Crippen molar-refractivity contribution in [3.63, 3.8) is 0 Å². The van der Waals surface area contributed by atoms with Gasteiger partial charge >= 0.3 is 6.03 Å². The molecule has 1 aromatic carbocycles. The molecule has 28 heavy (non-hydrogen) atoms. The van der Waals surface area contributed by atoms with Crippen molar-refractivity contribution in [1.29, 1.82) is 0 Å². The number of hydrogen-bond acceptors (Lipinski definition) is 5. The van der Waals surface area contributed by atoms with Crippen molar-refractivity contribution >= 4 is 11.7 Å². The molecule has 0 aliphatic carbocycles. The molecule has 7 nitrogen and oxygen atoms in total. The number of hydrogen-bond donors (Lipinski definition) is 1. The van der Waals surface area contributed by atoms with E-state index < -0.39 is 0 Å². The second-order valence-corrected chi connectivity index (χ2v) is 7.33. The zero-order chi connectivity index (χ0) is 20.3. The van der Waals surface area contributed by atoms with Gasteiger partial charge in [-0.15, -0.1) is 0 Å². The molecular weight excluding hydrogens is 354 g/mol. The number of amides is 2. The number of aryl methyl sites for hydroxylation is 4. The number of nitrogens with one attached hydrogen (secondary N) is 1. The van der Waals surface area contributed by atoms with Crippen molar-refractivity contribution in [1.82, 2.24) is 20.2 Å². The van der Waals surface area contributed by atoms with Gasteiger partial charge in [-0.3, -0.25) is 0 Å². The Kier molecular flexibility index (Phi) is 6.02. The standard InChI is InChI=1S/C21H29N5O2/c1-14-10-15(2)12-18(11-14)25-6-8-26(9-7-25)21(27)22-13-19-20(28-5)24-17(4)16(3)23-19/h10-12H,6-9,13H2,1-5H3,(H,22,27). The molecular formula is C21H29N5O2. The summed E-state index contributed by atoms with van der Waals surface area (Å²) in [6.07, 6.45) is 0. The highest BCUT2D eigenvalue weighted by molar-refractivity contribution is 5.74. The molecule has 0 spiro atoms. The summed E-state index contributed by atoms with van der Waals surface area (Å²) in [7, 11) is 1.57. The van der Waals surface area contributed by atoms with Crippen LogP contribution in [0.2, 0.25) is 0 Å². The lowest BCUT2D eigenvalue weighted by molar-refractivity contribution is 0.193. The highest BCUT2D eigenvalue weighted by atomic mass is 16.5. The molecule has 0 radical (unpaired) electrons. The topological polar surface area (TPSA) is 70.6 Å². The quantitative estimate of drug-likeness (QED) is 0.879. The Balaban J connectivity index is 1.56. The normalized spacial score (nSPS) is 14.2. The number of urea groups is 1. The van der Waals surface area contributed by atoms with Gasteiger partial charge in [0, 0.05) is 31.9 Å². The molecule has 2 aromatic rings. The Morgan fingerprint density at radius 3 is 2.21 bits per heavy atom. The molecule has 7 heteroatoms.